The molecule has 0 bridgehead atoms. The third kappa shape index (κ3) is 5.58. The summed E-state index contributed by atoms with van der Waals surface area (Å²) in [6.45, 7) is 5.13. The standard InChI is InChI=1S/C21H22N2O4/c1-3-5-12-27-20-11-6-16(14-21(20)26-4-2)13-18(15-22)17-7-9-19(10-8-17)23(24)25/h6-11,13-14H,3-5,12H2,1-2H3. The molecule has 0 radical (unpaired) electrons. The van der Waals surface area contributed by atoms with Crippen molar-refractivity contribution in [1.82, 2.24) is 0 Å². The zero-order valence-electron chi connectivity index (χ0n) is 15.5. The second kappa shape index (κ2) is 9.97. The average molecular weight is 366 g/mol. The fourth-order valence-electron chi connectivity index (χ4n) is 2.44. The Bertz CT molecular complexity index is 851. The Balaban J connectivity index is 2.30. The highest BCUT2D eigenvalue weighted by atomic mass is 16.6. The lowest BCUT2D eigenvalue weighted by Crippen LogP contribution is -2.00. The molecule has 0 heterocycles. The van der Waals surface area contributed by atoms with Gasteiger partial charge in [0.2, 0.25) is 0 Å². The molecule has 0 aliphatic heterocycles. The van der Waals surface area contributed by atoms with Crippen LogP contribution in [-0.2, 0) is 0 Å². The Morgan fingerprint density at radius 2 is 1.89 bits per heavy atom. The van der Waals surface area contributed by atoms with Gasteiger partial charge in [0, 0.05) is 12.1 Å². The Morgan fingerprint density at radius 3 is 2.48 bits per heavy atom. The molecule has 6 heteroatoms. The van der Waals surface area contributed by atoms with Crippen LogP contribution < -0.4 is 9.47 Å². The number of hydrogen-bond donors (Lipinski definition) is 0. The zero-order chi connectivity index (χ0) is 19.6. The summed E-state index contributed by atoms with van der Waals surface area (Å²) in [4.78, 5) is 10.3. The maximum atomic E-state index is 10.8. The molecule has 2 rings (SSSR count). The van der Waals surface area contributed by atoms with E-state index in [2.05, 4.69) is 13.0 Å². The van der Waals surface area contributed by atoms with Gasteiger partial charge in [0.25, 0.3) is 5.69 Å². The zero-order valence-corrected chi connectivity index (χ0v) is 15.5. The monoisotopic (exact) mass is 366 g/mol. The minimum atomic E-state index is -0.467. The number of nitrogens with zero attached hydrogens (tertiary/aromatic N) is 2. The molecule has 0 aliphatic carbocycles. The first kappa shape index (κ1) is 20.0. The van der Waals surface area contributed by atoms with Crippen molar-refractivity contribution in [2.24, 2.45) is 0 Å². The fraction of sp³-hybridized carbons (Fsp3) is 0.286. The smallest absolute Gasteiger partial charge is 0.269 e. The van der Waals surface area contributed by atoms with Crippen molar-refractivity contribution in [2.45, 2.75) is 26.7 Å². The lowest BCUT2D eigenvalue weighted by molar-refractivity contribution is -0.384. The topological polar surface area (TPSA) is 85.4 Å². The average Bonchev–Trinajstić information content (AvgIpc) is 2.68. The van der Waals surface area contributed by atoms with Crippen LogP contribution in [0.5, 0.6) is 11.5 Å². The summed E-state index contributed by atoms with van der Waals surface area (Å²) in [6, 6.07) is 13.6. The van der Waals surface area contributed by atoms with Gasteiger partial charge in [-0.15, -0.1) is 0 Å². The summed E-state index contributed by atoms with van der Waals surface area (Å²) >= 11 is 0. The highest BCUT2D eigenvalue weighted by Gasteiger charge is 2.09. The van der Waals surface area contributed by atoms with Crippen LogP contribution in [0, 0.1) is 21.4 Å². The van der Waals surface area contributed by atoms with Gasteiger partial charge in [-0.3, -0.25) is 10.1 Å². The lowest BCUT2D eigenvalue weighted by Gasteiger charge is -2.12. The molecule has 0 spiro atoms. The molecule has 0 aliphatic rings. The van der Waals surface area contributed by atoms with Crippen LogP contribution >= 0.6 is 0 Å². The number of hydrogen-bond acceptors (Lipinski definition) is 5. The molecular formula is C21H22N2O4. The number of benzene rings is 2. The number of nitriles is 1. The van der Waals surface area contributed by atoms with E-state index in [0.29, 0.717) is 35.8 Å². The summed E-state index contributed by atoms with van der Waals surface area (Å²) in [5.74, 6) is 1.31. The molecule has 2 aromatic carbocycles. The molecule has 0 atom stereocenters. The van der Waals surface area contributed by atoms with Gasteiger partial charge in [-0.05, 0) is 54.8 Å². The Morgan fingerprint density at radius 1 is 1.15 bits per heavy atom. The first-order valence-corrected chi connectivity index (χ1v) is 8.85. The van der Waals surface area contributed by atoms with E-state index in [9.17, 15) is 15.4 Å². The number of unbranched alkanes of at least 4 members (excludes halogenated alkanes) is 1. The van der Waals surface area contributed by atoms with Gasteiger partial charge in [-0.2, -0.15) is 5.26 Å². The normalized spacial score (nSPS) is 10.9. The second-order valence-electron chi connectivity index (χ2n) is 5.82. The van der Waals surface area contributed by atoms with Gasteiger partial charge < -0.3 is 9.47 Å². The van der Waals surface area contributed by atoms with Crippen molar-refractivity contribution < 1.29 is 14.4 Å². The van der Waals surface area contributed by atoms with Crippen LogP contribution in [0.3, 0.4) is 0 Å². The maximum Gasteiger partial charge on any atom is 0.269 e. The number of nitro benzene ring substituents is 1. The minimum Gasteiger partial charge on any atom is -0.490 e. The predicted molar refractivity (Wildman–Crippen MR) is 105 cm³/mol. The van der Waals surface area contributed by atoms with Gasteiger partial charge in [-0.25, -0.2) is 0 Å². The third-order valence-corrected chi connectivity index (χ3v) is 3.84. The molecule has 0 fully saturated rings. The molecular weight excluding hydrogens is 344 g/mol. The van der Waals surface area contributed by atoms with Gasteiger partial charge in [0.05, 0.1) is 29.8 Å². The van der Waals surface area contributed by atoms with E-state index in [1.807, 2.05) is 25.1 Å². The summed E-state index contributed by atoms with van der Waals surface area (Å²) in [5, 5.41) is 20.2. The maximum absolute atomic E-state index is 10.8. The van der Waals surface area contributed by atoms with Crippen LogP contribution in [0.4, 0.5) is 5.69 Å². The lowest BCUT2D eigenvalue weighted by atomic mass is 10.0. The molecule has 2 aromatic rings. The highest BCUT2D eigenvalue weighted by Crippen LogP contribution is 2.30. The van der Waals surface area contributed by atoms with E-state index in [4.69, 9.17) is 9.47 Å². The largest absolute Gasteiger partial charge is 0.490 e. The van der Waals surface area contributed by atoms with Crippen LogP contribution in [0.15, 0.2) is 42.5 Å². The van der Waals surface area contributed by atoms with Crippen molar-refractivity contribution in [3.05, 3.63) is 63.7 Å². The Kier molecular flexibility index (Phi) is 7.38. The summed E-state index contributed by atoms with van der Waals surface area (Å²) in [5.41, 5.74) is 1.80. The number of ether oxygens (including phenoxy) is 2. The van der Waals surface area contributed by atoms with E-state index >= 15 is 0 Å². The summed E-state index contributed by atoms with van der Waals surface area (Å²) in [6.07, 6.45) is 3.73. The number of non-ortho nitro benzene ring substituents is 1. The Labute approximate surface area is 158 Å². The van der Waals surface area contributed by atoms with Crippen LogP contribution in [0.1, 0.15) is 37.8 Å². The van der Waals surface area contributed by atoms with E-state index in [-0.39, 0.29) is 5.69 Å². The molecule has 6 nitrogen and oxygen atoms in total. The molecule has 0 amide bonds. The van der Waals surface area contributed by atoms with E-state index < -0.39 is 4.92 Å². The minimum absolute atomic E-state index is 0.0109. The quantitative estimate of drug-likeness (QED) is 0.199. The van der Waals surface area contributed by atoms with Crippen LogP contribution in [0.25, 0.3) is 11.6 Å². The van der Waals surface area contributed by atoms with E-state index in [1.165, 1.54) is 12.1 Å². The summed E-state index contributed by atoms with van der Waals surface area (Å²) in [7, 11) is 0. The highest BCUT2D eigenvalue weighted by molar-refractivity contribution is 5.90. The molecule has 0 saturated heterocycles. The van der Waals surface area contributed by atoms with Crippen molar-refractivity contribution >= 4 is 17.3 Å². The number of rotatable bonds is 9. The van der Waals surface area contributed by atoms with Gasteiger partial charge in [0.15, 0.2) is 11.5 Å². The second-order valence-corrected chi connectivity index (χ2v) is 5.82. The van der Waals surface area contributed by atoms with Crippen molar-refractivity contribution in [3.8, 4) is 17.6 Å². The number of nitro groups is 1. The first-order chi connectivity index (χ1) is 13.1. The van der Waals surface area contributed by atoms with E-state index in [0.717, 1.165) is 18.4 Å². The molecule has 27 heavy (non-hydrogen) atoms. The van der Waals surface area contributed by atoms with Crippen LogP contribution in [0.2, 0.25) is 0 Å². The van der Waals surface area contributed by atoms with Crippen molar-refractivity contribution in [3.63, 3.8) is 0 Å². The van der Waals surface area contributed by atoms with Gasteiger partial charge in [-0.1, -0.05) is 19.4 Å². The van der Waals surface area contributed by atoms with Gasteiger partial charge in [0.1, 0.15) is 0 Å². The SMILES string of the molecule is CCCCOc1ccc(C=C(C#N)c2ccc([N+](=O)[O-])cc2)cc1OCC. The van der Waals surface area contributed by atoms with E-state index in [1.54, 1.807) is 18.2 Å². The molecule has 140 valence electrons. The van der Waals surface area contributed by atoms with Crippen molar-refractivity contribution in [1.29, 1.82) is 5.26 Å². The van der Waals surface area contributed by atoms with Gasteiger partial charge >= 0.3 is 0 Å². The van der Waals surface area contributed by atoms with Crippen molar-refractivity contribution in [2.75, 3.05) is 13.2 Å². The number of allylic oxidation sites excluding steroid dienone is 1. The molecule has 0 unspecified atom stereocenters. The predicted octanol–water partition coefficient (Wildman–Crippen LogP) is 5.24. The van der Waals surface area contributed by atoms with Crippen LogP contribution in [-0.4, -0.2) is 18.1 Å². The first-order valence-electron chi connectivity index (χ1n) is 8.85. The summed E-state index contributed by atoms with van der Waals surface area (Å²) < 4.78 is 11.4. The third-order valence-electron chi connectivity index (χ3n) is 3.84. The molecule has 0 N–H and O–H groups in total. The Hall–Kier alpha value is -3.33. The molecule has 0 saturated carbocycles. The molecule has 0 aromatic heterocycles. The fourth-order valence-corrected chi connectivity index (χ4v) is 2.44.